The molecule has 1 aliphatic heterocycles. The highest BCUT2D eigenvalue weighted by Crippen LogP contribution is 2.14. The predicted molar refractivity (Wildman–Crippen MR) is 101 cm³/mol. The number of hydrazine groups is 1. The van der Waals surface area contributed by atoms with E-state index in [-0.39, 0.29) is 24.0 Å². The van der Waals surface area contributed by atoms with Crippen LogP contribution < -0.4 is 20.7 Å². The number of hydrogen-bond acceptors (Lipinski definition) is 4. The standard InChI is InChI=1S/C19H30N4O3/c1-5-23(6-2)17-9-7-16(8-10-17)19(25)21-20-18(24)13-22-11-14(3)26-15(4)12-22/h7-10,14-15H,5-6,11-13H2,1-4H3,(H,20,24)(H,21,25)/p+1/t14-,15-/m1/s1. The summed E-state index contributed by atoms with van der Waals surface area (Å²) in [4.78, 5) is 27.7. The molecule has 2 atom stereocenters. The smallest absolute Gasteiger partial charge is 0.293 e. The summed E-state index contributed by atoms with van der Waals surface area (Å²) in [5.41, 5.74) is 6.59. The fourth-order valence-electron chi connectivity index (χ4n) is 3.42. The molecule has 0 bridgehead atoms. The second-order valence-corrected chi connectivity index (χ2v) is 6.81. The van der Waals surface area contributed by atoms with Crippen molar-refractivity contribution in [3.8, 4) is 0 Å². The van der Waals surface area contributed by atoms with E-state index in [4.69, 9.17) is 4.74 Å². The lowest BCUT2D eigenvalue weighted by Gasteiger charge is -2.31. The molecule has 0 aliphatic carbocycles. The lowest BCUT2D eigenvalue weighted by atomic mass is 10.2. The van der Waals surface area contributed by atoms with Gasteiger partial charge in [0.15, 0.2) is 6.54 Å². The number of nitrogens with zero attached hydrogens (tertiary/aromatic N) is 1. The number of benzene rings is 1. The molecule has 7 nitrogen and oxygen atoms in total. The summed E-state index contributed by atoms with van der Waals surface area (Å²) in [7, 11) is 0. The van der Waals surface area contributed by atoms with Gasteiger partial charge in [-0.2, -0.15) is 0 Å². The summed E-state index contributed by atoms with van der Waals surface area (Å²) in [6.45, 7) is 11.9. The zero-order chi connectivity index (χ0) is 19.1. The Balaban J connectivity index is 1.81. The van der Waals surface area contributed by atoms with Crippen LogP contribution in [0.5, 0.6) is 0 Å². The number of amides is 2. The Bertz CT molecular complexity index is 591. The van der Waals surface area contributed by atoms with Gasteiger partial charge in [-0.05, 0) is 52.0 Å². The van der Waals surface area contributed by atoms with Gasteiger partial charge >= 0.3 is 0 Å². The van der Waals surface area contributed by atoms with E-state index < -0.39 is 0 Å². The van der Waals surface area contributed by atoms with Crippen LogP contribution in [0, 0.1) is 0 Å². The molecule has 0 spiro atoms. The molecule has 3 N–H and O–H groups in total. The summed E-state index contributed by atoms with van der Waals surface area (Å²) in [6, 6.07) is 7.38. The van der Waals surface area contributed by atoms with Gasteiger partial charge in [-0.1, -0.05) is 0 Å². The lowest BCUT2D eigenvalue weighted by molar-refractivity contribution is -0.907. The summed E-state index contributed by atoms with van der Waals surface area (Å²) in [5.74, 6) is -0.516. The number of quaternary nitrogens is 1. The third-order valence-electron chi connectivity index (χ3n) is 4.60. The van der Waals surface area contributed by atoms with Gasteiger partial charge in [0, 0.05) is 24.3 Å². The van der Waals surface area contributed by atoms with Crippen LogP contribution in [0.1, 0.15) is 38.1 Å². The average molecular weight is 363 g/mol. The topological polar surface area (TPSA) is 75.1 Å². The second-order valence-electron chi connectivity index (χ2n) is 6.81. The first kappa shape index (κ1) is 20.2. The van der Waals surface area contributed by atoms with Crippen LogP contribution >= 0.6 is 0 Å². The monoisotopic (exact) mass is 363 g/mol. The number of anilines is 1. The number of carbonyl (C=O) groups is 2. The largest absolute Gasteiger partial charge is 0.372 e. The van der Waals surface area contributed by atoms with Gasteiger partial charge in [0.2, 0.25) is 0 Å². The first-order chi connectivity index (χ1) is 12.4. The van der Waals surface area contributed by atoms with Gasteiger partial charge in [-0.15, -0.1) is 0 Å². The first-order valence-corrected chi connectivity index (χ1v) is 9.36. The van der Waals surface area contributed by atoms with Crippen molar-refractivity contribution in [3.05, 3.63) is 29.8 Å². The molecule has 1 saturated heterocycles. The van der Waals surface area contributed by atoms with Crippen molar-refractivity contribution in [2.24, 2.45) is 0 Å². The highest BCUT2D eigenvalue weighted by atomic mass is 16.5. The summed E-state index contributed by atoms with van der Waals surface area (Å²) < 4.78 is 5.67. The first-order valence-electron chi connectivity index (χ1n) is 9.36. The predicted octanol–water partition coefficient (Wildman–Crippen LogP) is -0.0141. The van der Waals surface area contributed by atoms with Crippen LogP contribution in [-0.4, -0.2) is 56.7 Å². The molecule has 0 aromatic heterocycles. The van der Waals surface area contributed by atoms with Gasteiger partial charge < -0.3 is 14.5 Å². The summed E-state index contributed by atoms with van der Waals surface area (Å²) in [6.07, 6.45) is 0.279. The zero-order valence-electron chi connectivity index (χ0n) is 16.2. The maximum atomic E-state index is 12.2. The fraction of sp³-hybridized carbons (Fsp3) is 0.579. The van der Waals surface area contributed by atoms with E-state index in [0.29, 0.717) is 12.1 Å². The third-order valence-corrected chi connectivity index (χ3v) is 4.60. The van der Waals surface area contributed by atoms with Gasteiger partial charge in [-0.25, -0.2) is 0 Å². The molecule has 26 heavy (non-hydrogen) atoms. The second kappa shape index (κ2) is 9.54. The average Bonchev–Trinajstić information content (AvgIpc) is 2.60. The van der Waals surface area contributed by atoms with Crippen LogP contribution in [0.15, 0.2) is 24.3 Å². The van der Waals surface area contributed by atoms with Crippen molar-refractivity contribution < 1.29 is 19.2 Å². The van der Waals surface area contributed by atoms with Crippen LogP contribution in [0.25, 0.3) is 0 Å². The van der Waals surface area contributed by atoms with Crippen molar-refractivity contribution in [3.63, 3.8) is 0 Å². The Kier molecular flexibility index (Phi) is 7.41. The van der Waals surface area contributed by atoms with Crippen LogP contribution in [0.3, 0.4) is 0 Å². The molecule has 144 valence electrons. The van der Waals surface area contributed by atoms with E-state index >= 15 is 0 Å². The van der Waals surface area contributed by atoms with Crippen molar-refractivity contribution >= 4 is 17.5 Å². The SMILES string of the molecule is CCN(CC)c1ccc(C(=O)NNC(=O)C[NH+]2C[C@@H](C)O[C@H](C)C2)cc1. The molecule has 2 rings (SSSR count). The Morgan fingerprint density at radius 2 is 1.65 bits per heavy atom. The number of rotatable bonds is 6. The maximum Gasteiger partial charge on any atom is 0.293 e. The van der Waals surface area contributed by atoms with E-state index in [1.165, 1.54) is 0 Å². The van der Waals surface area contributed by atoms with Crippen molar-refractivity contribution in [1.29, 1.82) is 0 Å². The molecule has 2 amide bonds. The molecule has 0 unspecified atom stereocenters. The Morgan fingerprint density at radius 1 is 1.08 bits per heavy atom. The lowest BCUT2D eigenvalue weighted by Crippen LogP contribution is -3.16. The number of hydrogen-bond donors (Lipinski definition) is 3. The molecule has 0 saturated carbocycles. The quantitative estimate of drug-likeness (QED) is 0.622. The molecule has 1 aromatic carbocycles. The van der Waals surface area contributed by atoms with E-state index in [0.717, 1.165) is 36.8 Å². The minimum atomic E-state index is -0.317. The molecule has 1 aromatic rings. The van der Waals surface area contributed by atoms with Crippen molar-refractivity contribution in [2.75, 3.05) is 37.6 Å². The number of nitrogens with one attached hydrogen (secondary N) is 3. The van der Waals surface area contributed by atoms with Crippen LogP contribution in [0.2, 0.25) is 0 Å². The van der Waals surface area contributed by atoms with Crippen molar-refractivity contribution in [2.45, 2.75) is 39.9 Å². The molecule has 1 fully saturated rings. The Labute approximate surface area is 155 Å². The number of ether oxygens (including phenoxy) is 1. The van der Waals surface area contributed by atoms with E-state index in [1.54, 1.807) is 12.1 Å². The minimum absolute atomic E-state index is 0.139. The summed E-state index contributed by atoms with van der Waals surface area (Å²) in [5, 5.41) is 0. The molecule has 0 radical (unpaired) electrons. The van der Waals surface area contributed by atoms with Gasteiger partial charge in [0.05, 0.1) is 0 Å². The minimum Gasteiger partial charge on any atom is -0.372 e. The van der Waals surface area contributed by atoms with E-state index in [2.05, 4.69) is 29.6 Å². The molecular weight excluding hydrogens is 332 g/mol. The Morgan fingerprint density at radius 3 is 2.19 bits per heavy atom. The van der Waals surface area contributed by atoms with Gasteiger partial charge in [0.1, 0.15) is 25.3 Å². The van der Waals surface area contributed by atoms with Crippen LogP contribution in [0.4, 0.5) is 5.69 Å². The van der Waals surface area contributed by atoms with E-state index in [9.17, 15) is 9.59 Å². The van der Waals surface area contributed by atoms with Crippen molar-refractivity contribution in [1.82, 2.24) is 10.9 Å². The van der Waals surface area contributed by atoms with Gasteiger partial charge in [-0.3, -0.25) is 20.4 Å². The highest BCUT2D eigenvalue weighted by Gasteiger charge is 2.27. The van der Waals surface area contributed by atoms with Gasteiger partial charge in [0.25, 0.3) is 11.8 Å². The zero-order valence-corrected chi connectivity index (χ0v) is 16.2. The van der Waals surface area contributed by atoms with Crippen LogP contribution in [-0.2, 0) is 9.53 Å². The Hall–Kier alpha value is -2.12. The maximum absolute atomic E-state index is 12.2. The molecule has 7 heteroatoms. The fourth-order valence-corrected chi connectivity index (χ4v) is 3.42. The molecule has 1 heterocycles. The number of carbonyl (C=O) groups excluding carboxylic acids is 2. The normalized spacial score (nSPS) is 22.5. The third kappa shape index (κ3) is 5.71. The van der Waals surface area contributed by atoms with E-state index in [1.807, 2.05) is 26.0 Å². The number of morpholine rings is 1. The molecular formula is C19H31N4O3+. The summed E-state index contributed by atoms with van der Waals surface area (Å²) >= 11 is 0. The molecule has 1 aliphatic rings. The highest BCUT2D eigenvalue weighted by molar-refractivity contribution is 5.95.